The summed E-state index contributed by atoms with van der Waals surface area (Å²) in [4.78, 5) is 25.9. The highest BCUT2D eigenvalue weighted by molar-refractivity contribution is 7.98. The monoisotopic (exact) mass is 564 g/mol. The zero-order chi connectivity index (χ0) is 28.6. The third-order valence-corrected chi connectivity index (χ3v) is 7.11. The molecule has 3 aromatic carbocycles. The summed E-state index contributed by atoms with van der Waals surface area (Å²) in [5.41, 5.74) is 5.73. The minimum Gasteiger partial charge on any atom is -0.462 e. The molecule has 0 unspecified atom stereocenters. The van der Waals surface area contributed by atoms with Gasteiger partial charge < -0.3 is 10.1 Å². The Hall–Kier alpha value is -4.83. The number of nitrogens with zero attached hydrogens (tertiary/aromatic N) is 5. The van der Waals surface area contributed by atoms with Crippen LogP contribution in [0.5, 0.6) is 0 Å². The average molecular weight is 565 g/mol. The molecule has 0 aliphatic rings. The molecular weight excluding hydrogens is 536 g/mol. The van der Waals surface area contributed by atoms with Crippen molar-refractivity contribution < 1.29 is 14.3 Å². The fraction of sp³-hybridized carbons (Fsp3) is 0.161. The van der Waals surface area contributed by atoms with Crippen molar-refractivity contribution in [1.29, 1.82) is 0 Å². The Morgan fingerprint density at radius 2 is 1.56 bits per heavy atom. The summed E-state index contributed by atoms with van der Waals surface area (Å²) in [5.74, 6) is -0.325. The van der Waals surface area contributed by atoms with Crippen LogP contribution in [0, 0.1) is 6.92 Å². The molecule has 0 fully saturated rings. The van der Waals surface area contributed by atoms with E-state index in [1.54, 1.807) is 13.1 Å². The van der Waals surface area contributed by atoms with Gasteiger partial charge in [0.25, 0.3) is 0 Å². The van der Waals surface area contributed by atoms with E-state index in [-0.39, 0.29) is 19.1 Å². The summed E-state index contributed by atoms with van der Waals surface area (Å²) in [7, 11) is 0. The number of carbonyl (C=O) groups is 2. The molecule has 2 heterocycles. The fourth-order valence-corrected chi connectivity index (χ4v) is 5.05. The number of anilines is 1. The zero-order valence-electron chi connectivity index (χ0n) is 22.7. The number of benzene rings is 3. The van der Waals surface area contributed by atoms with Gasteiger partial charge in [-0.2, -0.15) is 0 Å². The molecule has 0 bridgehead atoms. The minimum atomic E-state index is -0.475. The van der Waals surface area contributed by atoms with E-state index in [2.05, 4.69) is 25.8 Å². The zero-order valence-corrected chi connectivity index (χ0v) is 23.5. The summed E-state index contributed by atoms with van der Waals surface area (Å²) in [6.07, 6.45) is 1.70. The van der Waals surface area contributed by atoms with Crippen LogP contribution in [-0.2, 0) is 21.8 Å². The van der Waals surface area contributed by atoms with E-state index in [0.29, 0.717) is 33.3 Å². The molecular formula is C31H28N6O3S. The molecule has 2 aromatic heterocycles. The van der Waals surface area contributed by atoms with Crippen LogP contribution < -0.4 is 5.32 Å². The number of carbonyl (C=O) groups excluding carboxylic acids is 2. The summed E-state index contributed by atoms with van der Waals surface area (Å²) < 4.78 is 6.96. The van der Waals surface area contributed by atoms with Crippen LogP contribution in [-0.4, -0.2) is 43.7 Å². The van der Waals surface area contributed by atoms with Gasteiger partial charge in [0.1, 0.15) is 22.8 Å². The van der Waals surface area contributed by atoms with E-state index < -0.39 is 5.97 Å². The van der Waals surface area contributed by atoms with Crippen molar-refractivity contribution in [3.8, 4) is 22.4 Å². The predicted octanol–water partition coefficient (Wildman–Crippen LogP) is 5.82. The SMILES string of the molecule is CCOC(=O)c1c(SCc2cn(CC(=O)Nc3ccc(C)cc3)nn2)nnc(-c2ccccc2)c1-c1ccccc1. The first-order chi connectivity index (χ1) is 20.0. The number of thioether (sulfide) groups is 1. The van der Waals surface area contributed by atoms with E-state index in [4.69, 9.17) is 4.74 Å². The lowest BCUT2D eigenvalue weighted by molar-refractivity contribution is -0.116. The van der Waals surface area contributed by atoms with E-state index in [9.17, 15) is 9.59 Å². The van der Waals surface area contributed by atoms with Gasteiger partial charge in [-0.15, -0.1) is 15.3 Å². The average Bonchev–Trinajstić information content (AvgIpc) is 3.44. The topological polar surface area (TPSA) is 112 Å². The number of aryl methyl sites for hydroxylation is 1. The van der Waals surface area contributed by atoms with Gasteiger partial charge in [-0.05, 0) is 31.5 Å². The predicted molar refractivity (Wildman–Crippen MR) is 158 cm³/mol. The Bertz CT molecular complexity index is 1640. The van der Waals surface area contributed by atoms with Gasteiger partial charge >= 0.3 is 5.97 Å². The Balaban J connectivity index is 1.40. The Labute approximate surface area is 242 Å². The molecule has 10 heteroatoms. The van der Waals surface area contributed by atoms with Crippen LogP contribution in [0.2, 0.25) is 0 Å². The summed E-state index contributed by atoms with van der Waals surface area (Å²) in [6.45, 7) is 4.00. The highest BCUT2D eigenvalue weighted by Gasteiger charge is 2.26. The molecule has 0 atom stereocenters. The Kier molecular flexibility index (Phi) is 8.80. The lowest BCUT2D eigenvalue weighted by Gasteiger charge is -2.16. The Morgan fingerprint density at radius 1 is 0.878 bits per heavy atom. The lowest BCUT2D eigenvalue weighted by atomic mass is 9.96. The van der Waals surface area contributed by atoms with Gasteiger partial charge in [0.2, 0.25) is 5.91 Å². The van der Waals surface area contributed by atoms with Gasteiger partial charge in [-0.1, -0.05) is 95.3 Å². The largest absolute Gasteiger partial charge is 0.462 e. The number of ether oxygens (including phenoxy) is 1. The number of amides is 1. The third-order valence-electron chi connectivity index (χ3n) is 6.11. The van der Waals surface area contributed by atoms with E-state index in [1.165, 1.54) is 16.4 Å². The minimum absolute atomic E-state index is 0.0172. The molecule has 0 aliphatic carbocycles. The maximum absolute atomic E-state index is 13.4. The van der Waals surface area contributed by atoms with E-state index >= 15 is 0 Å². The summed E-state index contributed by atoms with van der Waals surface area (Å²) >= 11 is 1.31. The first kappa shape index (κ1) is 27.7. The smallest absolute Gasteiger partial charge is 0.341 e. The van der Waals surface area contributed by atoms with Crippen LogP contribution in [0.3, 0.4) is 0 Å². The number of rotatable bonds is 10. The van der Waals surface area contributed by atoms with Crippen molar-refractivity contribution in [2.45, 2.75) is 31.2 Å². The highest BCUT2D eigenvalue weighted by Crippen LogP contribution is 2.38. The van der Waals surface area contributed by atoms with Crippen molar-refractivity contribution in [3.63, 3.8) is 0 Å². The van der Waals surface area contributed by atoms with Gasteiger partial charge in [-0.25, -0.2) is 9.48 Å². The number of aromatic nitrogens is 5. The number of esters is 1. The highest BCUT2D eigenvalue weighted by atomic mass is 32.2. The van der Waals surface area contributed by atoms with Gasteiger partial charge in [0.15, 0.2) is 0 Å². The van der Waals surface area contributed by atoms with Crippen molar-refractivity contribution in [3.05, 3.63) is 108 Å². The van der Waals surface area contributed by atoms with Gasteiger partial charge in [-0.3, -0.25) is 4.79 Å². The van der Waals surface area contributed by atoms with Gasteiger partial charge in [0, 0.05) is 28.8 Å². The molecule has 0 saturated carbocycles. The molecule has 0 spiro atoms. The van der Waals surface area contributed by atoms with Crippen molar-refractivity contribution in [2.24, 2.45) is 0 Å². The molecule has 1 amide bonds. The lowest BCUT2D eigenvalue weighted by Crippen LogP contribution is -2.19. The summed E-state index contributed by atoms with van der Waals surface area (Å²) in [5, 5.41) is 20.6. The second-order valence-corrected chi connectivity index (χ2v) is 10.1. The van der Waals surface area contributed by atoms with E-state index in [0.717, 1.165) is 22.4 Å². The molecule has 0 aliphatic heterocycles. The first-order valence-corrected chi connectivity index (χ1v) is 14.1. The van der Waals surface area contributed by atoms with Gasteiger partial charge in [0.05, 0.1) is 12.3 Å². The quantitative estimate of drug-likeness (QED) is 0.167. The molecule has 1 N–H and O–H groups in total. The third kappa shape index (κ3) is 6.85. The van der Waals surface area contributed by atoms with Crippen LogP contribution in [0.15, 0.2) is 96.2 Å². The second kappa shape index (κ2) is 13.0. The van der Waals surface area contributed by atoms with Crippen molar-refractivity contribution in [1.82, 2.24) is 25.2 Å². The molecule has 5 aromatic rings. The molecule has 0 saturated heterocycles. The molecule has 9 nitrogen and oxygen atoms in total. The molecule has 0 radical (unpaired) electrons. The second-order valence-electron chi connectivity index (χ2n) is 9.17. The summed E-state index contributed by atoms with van der Waals surface area (Å²) in [6, 6.07) is 26.8. The Morgan fingerprint density at radius 3 is 2.24 bits per heavy atom. The standard InChI is InChI=1S/C31H28N6O3S/c1-3-40-31(39)28-27(22-10-6-4-7-11-22)29(23-12-8-5-9-13-23)34-35-30(28)41-20-25-18-37(36-33-25)19-26(38)32-24-16-14-21(2)15-17-24/h4-18H,3,19-20H2,1-2H3,(H,32,38). The van der Waals surface area contributed by atoms with Crippen molar-refractivity contribution in [2.75, 3.05) is 11.9 Å². The van der Waals surface area contributed by atoms with Crippen molar-refractivity contribution >= 4 is 29.3 Å². The van der Waals surface area contributed by atoms with E-state index in [1.807, 2.05) is 91.9 Å². The maximum atomic E-state index is 13.4. The molecule has 5 rings (SSSR count). The number of hydrogen-bond donors (Lipinski definition) is 1. The van der Waals surface area contributed by atoms with Crippen LogP contribution in [0.4, 0.5) is 5.69 Å². The van der Waals surface area contributed by atoms with Crippen LogP contribution >= 0.6 is 11.8 Å². The number of hydrogen-bond acceptors (Lipinski definition) is 8. The van der Waals surface area contributed by atoms with Crippen LogP contribution in [0.1, 0.15) is 28.5 Å². The molecule has 41 heavy (non-hydrogen) atoms. The molecule has 206 valence electrons. The normalized spacial score (nSPS) is 10.8. The van der Waals surface area contributed by atoms with Crippen LogP contribution in [0.25, 0.3) is 22.4 Å². The number of nitrogens with one attached hydrogen (secondary N) is 1. The first-order valence-electron chi connectivity index (χ1n) is 13.1. The maximum Gasteiger partial charge on any atom is 0.341 e. The fourth-order valence-electron chi connectivity index (χ4n) is 4.21.